The lowest BCUT2D eigenvalue weighted by Crippen LogP contribution is -2.36. The molecule has 22 heavy (non-hydrogen) atoms. The Hall–Kier alpha value is -1.35. The number of cyclic esters (lactones) is 1. The molecule has 3 atom stereocenters. The van der Waals surface area contributed by atoms with Crippen LogP contribution in [0.15, 0.2) is 30.3 Å². The van der Waals surface area contributed by atoms with Gasteiger partial charge in [0.1, 0.15) is 12.1 Å². The molecule has 0 aliphatic carbocycles. The van der Waals surface area contributed by atoms with Gasteiger partial charge in [-0.05, 0) is 43.1 Å². The van der Waals surface area contributed by atoms with Crippen molar-refractivity contribution in [3.05, 3.63) is 35.9 Å². The molecule has 1 heterocycles. The summed E-state index contributed by atoms with van der Waals surface area (Å²) >= 11 is 0. The minimum absolute atomic E-state index is 0.0698. The van der Waals surface area contributed by atoms with Crippen molar-refractivity contribution in [2.75, 3.05) is 0 Å². The molecule has 0 amide bonds. The van der Waals surface area contributed by atoms with E-state index in [4.69, 9.17) is 10.5 Å². The molecule has 0 aromatic heterocycles. The van der Waals surface area contributed by atoms with Gasteiger partial charge in [0.25, 0.3) is 0 Å². The maximum absolute atomic E-state index is 12.0. The van der Waals surface area contributed by atoms with E-state index in [1.807, 2.05) is 13.0 Å². The number of rotatable bonds is 3. The van der Waals surface area contributed by atoms with E-state index >= 15 is 0 Å². The van der Waals surface area contributed by atoms with Gasteiger partial charge in [0.05, 0.1) is 0 Å². The number of esters is 1. The van der Waals surface area contributed by atoms with Crippen LogP contribution < -0.4 is 5.73 Å². The molecule has 122 valence electrons. The van der Waals surface area contributed by atoms with Gasteiger partial charge in [0.2, 0.25) is 0 Å². The summed E-state index contributed by atoms with van der Waals surface area (Å²) in [5.41, 5.74) is 7.28. The third-order valence-electron chi connectivity index (χ3n) is 4.94. The van der Waals surface area contributed by atoms with Gasteiger partial charge in [-0.2, -0.15) is 0 Å². The van der Waals surface area contributed by atoms with Gasteiger partial charge in [-0.1, -0.05) is 57.0 Å². The molecule has 0 saturated carbocycles. The normalized spacial score (nSPS) is 27.5. The molecular weight excluding hydrogens is 274 g/mol. The Balaban J connectivity index is 2.10. The number of carbonyl (C=O) groups excluding carboxylic acids is 1. The number of carbonyl (C=O) groups is 1. The highest BCUT2D eigenvalue weighted by molar-refractivity contribution is 5.75. The summed E-state index contributed by atoms with van der Waals surface area (Å²) in [7, 11) is 0. The van der Waals surface area contributed by atoms with Crippen LogP contribution in [0.2, 0.25) is 0 Å². The quantitative estimate of drug-likeness (QED) is 0.864. The van der Waals surface area contributed by atoms with Crippen LogP contribution >= 0.6 is 0 Å². The van der Waals surface area contributed by atoms with Crippen molar-refractivity contribution < 1.29 is 9.53 Å². The molecular formula is C19H29NO2. The molecule has 1 saturated heterocycles. The Labute approximate surface area is 134 Å². The average Bonchev–Trinajstić information content (AvgIpc) is 2.54. The number of benzene rings is 1. The minimum atomic E-state index is -0.455. The Morgan fingerprint density at radius 2 is 1.82 bits per heavy atom. The van der Waals surface area contributed by atoms with E-state index in [0.29, 0.717) is 5.92 Å². The van der Waals surface area contributed by atoms with E-state index in [-0.39, 0.29) is 17.5 Å². The van der Waals surface area contributed by atoms with E-state index in [0.717, 1.165) is 32.1 Å². The van der Waals surface area contributed by atoms with Crippen LogP contribution in [0.5, 0.6) is 0 Å². The first kappa shape index (κ1) is 17.0. The van der Waals surface area contributed by atoms with E-state index in [9.17, 15) is 4.79 Å². The van der Waals surface area contributed by atoms with Crippen molar-refractivity contribution in [3.8, 4) is 0 Å². The summed E-state index contributed by atoms with van der Waals surface area (Å²) in [4.78, 5) is 12.0. The molecule has 2 N–H and O–H groups in total. The fourth-order valence-electron chi connectivity index (χ4n) is 3.42. The molecule has 2 rings (SSSR count). The lowest BCUT2D eigenvalue weighted by Gasteiger charge is -2.33. The predicted octanol–water partition coefficient (Wildman–Crippen LogP) is 3.80. The number of nitrogens with two attached hydrogens (primary N) is 1. The first-order valence-electron chi connectivity index (χ1n) is 8.42. The second kappa shape index (κ2) is 7.28. The maximum Gasteiger partial charge on any atom is 0.323 e. The standard InChI is InChI=1S/C19H29NO2/c1-14-15(9-7-8-12-17(20)18(21)22-14)13-19(2,3)16-10-5-4-6-11-16/h4-6,10-11,14-15,17H,7-9,12-13,20H2,1-3H3/t14-,15-,17-/m0/s1. The predicted molar refractivity (Wildman–Crippen MR) is 89.6 cm³/mol. The number of hydrogen-bond acceptors (Lipinski definition) is 3. The Kier molecular flexibility index (Phi) is 5.63. The Morgan fingerprint density at radius 1 is 1.18 bits per heavy atom. The van der Waals surface area contributed by atoms with Crippen LogP contribution in [0, 0.1) is 5.92 Å². The van der Waals surface area contributed by atoms with Crippen LogP contribution in [0.25, 0.3) is 0 Å². The van der Waals surface area contributed by atoms with Gasteiger partial charge >= 0.3 is 5.97 Å². The molecule has 1 aromatic rings. The van der Waals surface area contributed by atoms with E-state index in [1.165, 1.54) is 5.56 Å². The van der Waals surface area contributed by atoms with Crippen LogP contribution in [0.3, 0.4) is 0 Å². The number of hydrogen-bond donors (Lipinski definition) is 1. The summed E-state index contributed by atoms with van der Waals surface area (Å²) in [6.07, 6.45) is 4.90. The largest absolute Gasteiger partial charge is 0.461 e. The Bertz CT molecular complexity index is 483. The minimum Gasteiger partial charge on any atom is -0.461 e. The van der Waals surface area contributed by atoms with E-state index < -0.39 is 6.04 Å². The highest BCUT2D eigenvalue weighted by atomic mass is 16.5. The van der Waals surface area contributed by atoms with E-state index in [2.05, 4.69) is 38.1 Å². The highest BCUT2D eigenvalue weighted by Crippen LogP contribution is 2.35. The highest BCUT2D eigenvalue weighted by Gasteiger charge is 2.31. The summed E-state index contributed by atoms with van der Waals surface area (Å²) < 4.78 is 5.61. The fourth-order valence-corrected chi connectivity index (χ4v) is 3.42. The first-order valence-corrected chi connectivity index (χ1v) is 8.42. The monoisotopic (exact) mass is 303 g/mol. The van der Waals surface area contributed by atoms with Crippen molar-refractivity contribution in [1.82, 2.24) is 0 Å². The van der Waals surface area contributed by atoms with Gasteiger partial charge in [-0.25, -0.2) is 0 Å². The lowest BCUT2D eigenvalue weighted by atomic mass is 9.74. The summed E-state index contributed by atoms with van der Waals surface area (Å²) in [6, 6.07) is 10.1. The molecule has 0 unspecified atom stereocenters. The van der Waals surface area contributed by atoms with Gasteiger partial charge in [-0.3, -0.25) is 4.79 Å². The first-order chi connectivity index (χ1) is 10.4. The van der Waals surface area contributed by atoms with Crippen LogP contribution in [0.4, 0.5) is 0 Å². The molecule has 3 nitrogen and oxygen atoms in total. The van der Waals surface area contributed by atoms with Crippen LogP contribution in [0.1, 0.15) is 58.4 Å². The third-order valence-corrected chi connectivity index (χ3v) is 4.94. The molecule has 3 heteroatoms. The second-order valence-corrected chi connectivity index (χ2v) is 7.25. The lowest BCUT2D eigenvalue weighted by molar-refractivity contribution is -0.152. The summed E-state index contributed by atoms with van der Waals surface area (Å²) in [5.74, 6) is 0.140. The molecule has 1 aliphatic rings. The zero-order valence-corrected chi connectivity index (χ0v) is 14.0. The molecule has 0 bridgehead atoms. The second-order valence-electron chi connectivity index (χ2n) is 7.25. The smallest absolute Gasteiger partial charge is 0.323 e. The van der Waals surface area contributed by atoms with Crippen molar-refractivity contribution in [1.29, 1.82) is 0 Å². The molecule has 1 aromatic carbocycles. The van der Waals surface area contributed by atoms with Gasteiger partial charge in [0.15, 0.2) is 0 Å². The molecule has 1 fully saturated rings. The topological polar surface area (TPSA) is 52.3 Å². The molecule has 0 spiro atoms. The van der Waals surface area contributed by atoms with Crippen molar-refractivity contribution >= 4 is 5.97 Å². The van der Waals surface area contributed by atoms with Crippen molar-refractivity contribution in [2.24, 2.45) is 11.7 Å². The zero-order chi connectivity index (χ0) is 16.2. The van der Waals surface area contributed by atoms with Crippen LogP contribution in [-0.2, 0) is 14.9 Å². The fraction of sp³-hybridized carbons (Fsp3) is 0.632. The SMILES string of the molecule is C[C@@H]1OC(=O)[C@@H](N)CCCC[C@H]1CC(C)(C)c1ccccc1. The van der Waals surface area contributed by atoms with Crippen molar-refractivity contribution in [2.45, 2.75) is 70.4 Å². The number of ether oxygens (including phenoxy) is 1. The summed E-state index contributed by atoms with van der Waals surface area (Å²) in [6.45, 7) is 6.56. The maximum atomic E-state index is 12.0. The Morgan fingerprint density at radius 3 is 2.50 bits per heavy atom. The van der Waals surface area contributed by atoms with Crippen molar-refractivity contribution in [3.63, 3.8) is 0 Å². The molecule has 0 radical (unpaired) electrons. The summed E-state index contributed by atoms with van der Waals surface area (Å²) in [5, 5.41) is 0. The van der Waals surface area contributed by atoms with Gasteiger partial charge in [0, 0.05) is 0 Å². The molecule has 1 aliphatic heterocycles. The zero-order valence-electron chi connectivity index (χ0n) is 14.0. The average molecular weight is 303 g/mol. The third kappa shape index (κ3) is 4.33. The van der Waals surface area contributed by atoms with Crippen LogP contribution in [-0.4, -0.2) is 18.1 Å². The van der Waals surface area contributed by atoms with Gasteiger partial charge in [-0.15, -0.1) is 0 Å². The van der Waals surface area contributed by atoms with Gasteiger partial charge < -0.3 is 10.5 Å². The van der Waals surface area contributed by atoms with E-state index in [1.54, 1.807) is 0 Å².